The van der Waals surface area contributed by atoms with Crippen molar-refractivity contribution in [1.29, 1.82) is 0 Å². The monoisotopic (exact) mass is 134 g/mol. The molecule has 6 nitrogen and oxygen atoms in total. The first kappa shape index (κ1) is 8.31. The van der Waals surface area contributed by atoms with Gasteiger partial charge in [0.25, 0.3) is 0 Å². The van der Waals surface area contributed by atoms with Crippen LogP contribution < -0.4 is 16.9 Å². The molecule has 54 valence electrons. The summed E-state index contributed by atoms with van der Waals surface area (Å²) >= 11 is 0. The summed E-state index contributed by atoms with van der Waals surface area (Å²) in [5.74, 6) is 0. The van der Waals surface area contributed by atoms with Crippen LogP contribution in [0.2, 0.25) is 0 Å². The smallest absolute Gasteiger partial charge is 0.328 e. The molecule has 0 saturated heterocycles. The quantitative estimate of drug-likeness (QED) is 0.242. The summed E-state index contributed by atoms with van der Waals surface area (Å²) in [7, 11) is 1.49. The van der Waals surface area contributed by atoms with E-state index in [1.807, 2.05) is 0 Å². The second kappa shape index (κ2) is 3.36. The Labute approximate surface area is 52.7 Å². The molecule has 6 heteroatoms. The molecule has 0 radical (unpaired) electrons. The van der Waals surface area contributed by atoms with E-state index in [9.17, 15) is 0 Å². The molecule has 5 N–H and O–H groups in total. The minimum atomic E-state index is -1.74. The third kappa shape index (κ3) is 3.86. The van der Waals surface area contributed by atoms with Crippen LogP contribution in [0.25, 0.3) is 0 Å². The minimum absolute atomic E-state index is 1.49. The lowest BCUT2D eigenvalue weighted by Gasteiger charge is -2.18. The van der Waals surface area contributed by atoms with Gasteiger partial charge in [0.05, 0.1) is 0 Å². The highest BCUT2D eigenvalue weighted by atomic mass is 16.9. The second-order valence-corrected chi connectivity index (χ2v) is 1.25. The Balaban J connectivity index is 3.55. The Morgan fingerprint density at radius 2 is 2.22 bits per heavy atom. The van der Waals surface area contributed by atoms with Gasteiger partial charge in [-0.2, -0.15) is 5.48 Å². The fourth-order valence-corrected chi connectivity index (χ4v) is 0.279. The van der Waals surface area contributed by atoms with Crippen molar-refractivity contribution in [2.75, 3.05) is 7.05 Å². The third-order valence-corrected chi connectivity index (χ3v) is 0.469. The highest BCUT2D eigenvalue weighted by molar-refractivity contribution is 5.21. The fourth-order valence-electron chi connectivity index (χ4n) is 0.279. The van der Waals surface area contributed by atoms with Gasteiger partial charge in [0.15, 0.2) is 0 Å². The molecule has 0 unspecified atom stereocenters. The fraction of sp³-hybridized carbons (Fsp3) is 0.667. The molecule has 0 aliphatic carbocycles. The van der Waals surface area contributed by atoms with Crippen molar-refractivity contribution in [3.8, 4) is 0 Å². The number of rotatable bonds is 4. The number of nitrogens with one attached hydrogen (secondary N) is 1. The molecular weight excluding hydrogens is 124 g/mol. The first-order valence-electron chi connectivity index (χ1n) is 2.19. The number of hydrogen-bond acceptors (Lipinski definition) is 6. The number of hydrogen-bond donors (Lipinski definition) is 3. The van der Waals surface area contributed by atoms with E-state index in [0.717, 1.165) is 0 Å². The van der Waals surface area contributed by atoms with Gasteiger partial charge in [0, 0.05) is 13.8 Å². The van der Waals surface area contributed by atoms with Crippen LogP contribution in [0, 0.1) is 0 Å². The maximum Gasteiger partial charge on any atom is 0.369 e. The Morgan fingerprint density at radius 3 is 2.56 bits per heavy atom. The molecule has 0 aromatic carbocycles. The number of hydroxylamine groups is 1. The standard InChI is InChI=1S/C3H10N4O2/c1-6-8-3(4,5)9-7-2/h7H,1,4-5H2,2H3. The van der Waals surface area contributed by atoms with E-state index in [2.05, 4.69) is 27.0 Å². The van der Waals surface area contributed by atoms with E-state index in [1.54, 1.807) is 0 Å². The Hall–Kier alpha value is -0.690. The van der Waals surface area contributed by atoms with Gasteiger partial charge in [0.1, 0.15) is 0 Å². The summed E-state index contributed by atoms with van der Waals surface area (Å²) in [5.41, 5.74) is 12.4. The van der Waals surface area contributed by atoms with Crippen LogP contribution in [-0.2, 0) is 9.68 Å². The molecule has 0 aromatic heterocycles. The molecule has 0 amide bonds. The average molecular weight is 134 g/mol. The summed E-state index contributed by atoms with van der Waals surface area (Å²) < 4.78 is 0. The lowest BCUT2D eigenvalue weighted by Crippen LogP contribution is -2.55. The van der Waals surface area contributed by atoms with Crippen LogP contribution in [0.5, 0.6) is 0 Å². The lowest BCUT2D eigenvalue weighted by molar-refractivity contribution is -0.257. The Morgan fingerprint density at radius 1 is 1.67 bits per heavy atom. The van der Waals surface area contributed by atoms with Crippen LogP contribution in [0.15, 0.2) is 5.16 Å². The van der Waals surface area contributed by atoms with Gasteiger partial charge in [-0.15, -0.1) is 0 Å². The molecule has 0 saturated carbocycles. The van der Waals surface area contributed by atoms with Gasteiger partial charge in [-0.1, -0.05) is 5.16 Å². The maximum atomic E-state index is 5.07. The van der Waals surface area contributed by atoms with Gasteiger partial charge in [0.2, 0.25) is 0 Å². The zero-order valence-electron chi connectivity index (χ0n) is 5.13. The van der Waals surface area contributed by atoms with Gasteiger partial charge in [-0.05, 0) is 0 Å². The van der Waals surface area contributed by atoms with Gasteiger partial charge in [-0.3, -0.25) is 11.5 Å². The van der Waals surface area contributed by atoms with E-state index in [-0.39, 0.29) is 0 Å². The summed E-state index contributed by atoms with van der Waals surface area (Å²) in [6.07, 6.45) is 0. The maximum absolute atomic E-state index is 5.07. The Kier molecular flexibility index (Phi) is 3.10. The zero-order valence-corrected chi connectivity index (χ0v) is 5.13. The molecule has 0 aliphatic rings. The van der Waals surface area contributed by atoms with Crippen molar-refractivity contribution >= 4 is 6.72 Å². The van der Waals surface area contributed by atoms with Crippen molar-refractivity contribution < 1.29 is 9.68 Å². The number of nitrogens with two attached hydrogens (primary N) is 2. The molecule has 0 rings (SSSR count). The van der Waals surface area contributed by atoms with E-state index < -0.39 is 6.03 Å². The van der Waals surface area contributed by atoms with Crippen LogP contribution in [0.3, 0.4) is 0 Å². The second-order valence-electron chi connectivity index (χ2n) is 1.25. The highest BCUT2D eigenvalue weighted by Gasteiger charge is 2.20. The Bertz CT molecular complexity index is 93.8. The minimum Gasteiger partial charge on any atom is -0.328 e. The van der Waals surface area contributed by atoms with Crippen molar-refractivity contribution in [2.45, 2.75) is 6.03 Å². The zero-order chi connectivity index (χ0) is 7.33. The number of nitrogens with zero attached hydrogens (tertiary/aromatic N) is 1. The summed E-state index contributed by atoms with van der Waals surface area (Å²) in [5, 5.41) is 2.96. The molecule has 0 aliphatic heterocycles. The lowest BCUT2D eigenvalue weighted by atomic mass is 10.9. The summed E-state index contributed by atoms with van der Waals surface area (Å²) in [6, 6.07) is -1.74. The molecule has 0 aromatic rings. The average Bonchev–Trinajstić information content (AvgIpc) is 1.64. The predicted molar refractivity (Wildman–Crippen MR) is 31.9 cm³/mol. The SMILES string of the molecule is C=NOC(N)(N)ONC. The topological polar surface area (TPSA) is 94.9 Å². The highest BCUT2D eigenvalue weighted by Crippen LogP contribution is 1.91. The van der Waals surface area contributed by atoms with Crippen LogP contribution in [0.4, 0.5) is 0 Å². The van der Waals surface area contributed by atoms with Gasteiger partial charge in [-0.25, -0.2) is 4.84 Å². The molecular formula is C3H10N4O2. The van der Waals surface area contributed by atoms with Crippen LogP contribution in [-0.4, -0.2) is 19.8 Å². The van der Waals surface area contributed by atoms with Crippen molar-refractivity contribution in [1.82, 2.24) is 5.48 Å². The number of oxime groups is 1. The molecule has 9 heavy (non-hydrogen) atoms. The van der Waals surface area contributed by atoms with E-state index in [1.165, 1.54) is 7.05 Å². The normalized spacial score (nSPS) is 11.0. The summed E-state index contributed by atoms with van der Waals surface area (Å²) in [6.45, 7) is 2.99. The van der Waals surface area contributed by atoms with Crippen molar-refractivity contribution in [2.24, 2.45) is 16.6 Å². The van der Waals surface area contributed by atoms with E-state index in [0.29, 0.717) is 0 Å². The molecule has 0 bridgehead atoms. The third-order valence-electron chi connectivity index (χ3n) is 0.469. The summed E-state index contributed by atoms with van der Waals surface area (Å²) in [4.78, 5) is 8.67. The largest absolute Gasteiger partial charge is 0.369 e. The van der Waals surface area contributed by atoms with Crippen molar-refractivity contribution in [3.05, 3.63) is 0 Å². The van der Waals surface area contributed by atoms with Crippen LogP contribution in [0.1, 0.15) is 0 Å². The molecule has 0 fully saturated rings. The first-order valence-corrected chi connectivity index (χ1v) is 2.19. The van der Waals surface area contributed by atoms with E-state index >= 15 is 0 Å². The van der Waals surface area contributed by atoms with E-state index in [4.69, 9.17) is 11.5 Å². The molecule has 0 heterocycles. The van der Waals surface area contributed by atoms with Crippen LogP contribution >= 0.6 is 0 Å². The molecule has 0 spiro atoms. The van der Waals surface area contributed by atoms with Gasteiger partial charge >= 0.3 is 6.03 Å². The predicted octanol–water partition coefficient (Wildman–Crippen LogP) is -1.70. The molecule has 0 atom stereocenters. The van der Waals surface area contributed by atoms with Crippen molar-refractivity contribution in [3.63, 3.8) is 0 Å². The van der Waals surface area contributed by atoms with Gasteiger partial charge < -0.3 is 4.84 Å². The first-order chi connectivity index (χ1) is 4.12.